The highest BCUT2D eigenvalue weighted by molar-refractivity contribution is 14.1. The zero-order chi connectivity index (χ0) is 13.8. The molecule has 0 aliphatic heterocycles. The first-order chi connectivity index (χ1) is 9.06. The lowest BCUT2D eigenvalue weighted by molar-refractivity contribution is 0.190. The van der Waals surface area contributed by atoms with Crippen molar-refractivity contribution in [1.82, 2.24) is 0 Å². The van der Waals surface area contributed by atoms with Crippen LogP contribution in [0, 0.1) is 10.5 Å². The Bertz CT molecular complexity index is 547. The molecule has 2 rings (SSSR count). The predicted octanol–water partition coefficient (Wildman–Crippen LogP) is 4.23. The molecule has 0 saturated carbocycles. The summed E-state index contributed by atoms with van der Waals surface area (Å²) in [5.74, 6) is 0.749. The highest BCUT2D eigenvalue weighted by Gasteiger charge is 2.09. The third-order valence-corrected chi connectivity index (χ3v) is 3.64. The maximum atomic E-state index is 9.78. The van der Waals surface area contributed by atoms with Gasteiger partial charge in [-0.1, -0.05) is 23.8 Å². The van der Waals surface area contributed by atoms with Gasteiger partial charge in [-0.15, -0.1) is 0 Å². The smallest absolute Gasteiger partial charge is 0.125 e. The molecule has 0 amide bonds. The summed E-state index contributed by atoms with van der Waals surface area (Å²) in [5, 5.41) is 9.78. The number of halogens is 1. The van der Waals surface area contributed by atoms with Crippen LogP contribution in [0.5, 0.6) is 5.75 Å². The second kappa shape index (κ2) is 6.39. The number of hydrogen-bond acceptors (Lipinski definition) is 2. The first-order valence-corrected chi connectivity index (χ1v) is 7.30. The van der Waals surface area contributed by atoms with Crippen LogP contribution in [-0.2, 0) is 6.61 Å². The van der Waals surface area contributed by atoms with Gasteiger partial charge in [0.15, 0.2) is 0 Å². The summed E-state index contributed by atoms with van der Waals surface area (Å²) in [4.78, 5) is 0. The molecule has 2 aromatic carbocycles. The number of hydrogen-bond donors (Lipinski definition) is 1. The molecule has 0 aliphatic rings. The molecular weight excluding hydrogens is 351 g/mol. The van der Waals surface area contributed by atoms with E-state index in [0.717, 1.165) is 22.4 Å². The second-order valence-corrected chi connectivity index (χ2v) is 5.88. The van der Waals surface area contributed by atoms with Gasteiger partial charge >= 0.3 is 0 Å². The first kappa shape index (κ1) is 14.3. The number of benzene rings is 2. The molecule has 0 spiro atoms. The van der Waals surface area contributed by atoms with Crippen LogP contribution in [0.4, 0.5) is 0 Å². The van der Waals surface area contributed by atoms with E-state index in [1.54, 1.807) is 6.92 Å². The minimum absolute atomic E-state index is 0.514. The first-order valence-electron chi connectivity index (χ1n) is 6.22. The van der Waals surface area contributed by atoms with Gasteiger partial charge in [-0.25, -0.2) is 0 Å². The van der Waals surface area contributed by atoms with Crippen molar-refractivity contribution in [1.29, 1.82) is 0 Å². The number of ether oxygens (including phenoxy) is 1. The molecule has 0 heterocycles. The molecule has 0 bridgehead atoms. The van der Waals surface area contributed by atoms with Crippen LogP contribution >= 0.6 is 22.6 Å². The number of aryl methyl sites for hydroxylation is 1. The predicted molar refractivity (Wildman–Crippen MR) is 85.3 cm³/mol. The van der Waals surface area contributed by atoms with E-state index in [0.29, 0.717) is 6.61 Å². The lowest BCUT2D eigenvalue weighted by Crippen LogP contribution is -2.01. The normalized spacial score (nSPS) is 12.2. The van der Waals surface area contributed by atoms with Crippen molar-refractivity contribution in [3.8, 4) is 5.75 Å². The van der Waals surface area contributed by atoms with Crippen molar-refractivity contribution in [3.05, 3.63) is 62.7 Å². The molecule has 2 nitrogen and oxygen atoms in total. The van der Waals surface area contributed by atoms with Crippen molar-refractivity contribution in [2.45, 2.75) is 26.6 Å². The van der Waals surface area contributed by atoms with Crippen LogP contribution in [0.3, 0.4) is 0 Å². The molecule has 2 aromatic rings. The standard InChI is InChI=1S/C16H17IO2/c1-11-3-8-16(15(9-11)12(2)18)19-10-13-4-6-14(17)7-5-13/h3-9,12,18H,10H2,1-2H3/t12-/m0/s1. The van der Waals surface area contributed by atoms with E-state index < -0.39 is 6.10 Å². The lowest BCUT2D eigenvalue weighted by Gasteiger charge is -2.14. The van der Waals surface area contributed by atoms with Crippen molar-refractivity contribution in [2.24, 2.45) is 0 Å². The van der Waals surface area contributed by atoms with Crippen molar-refractivity contribution < 1.29 is 9.84 Å². The van der Waals surface area contributed by atoms with Crippen LogP contribution in [-0.4, -0.2) is 5.11 Å². The van der Waals surface area contributed by atoms with E-state index in [2.05, 4.69) is 46.9 Å². The summed E-state index contributed by atoms with van der Waals surface area (Å²) in [6.07, 6.45) is -0.522. The van der Waals surface area contributed by atoms with Gasteiger partial charge in [-0.2, -0.15) is 0 Å². The van der Waals surface area contributed by atoms with Crippen molar-refractivity contribution in [3.63, 3.8) is 0 Å². The molecule has 3 heteroatoms. The van der Waals surface area contributed by atoms with Gasteiger partial charge in [0, 0.05) is 9.13 Å². The Morgan fingerprint density at radius 3 is 2.47 bits per heavy atom. The monoisotopic (exact) mass is 368 g/mol. The number of aliphatic hydroxyl groups excluding tert-OH is 1. The maximum absolute atomic E-state index is 9.78. The Morgan fingerprint density at radius 1 is 1.16 bits per heavy atom. The summed E-state index contributed by atoms with van der Waals surface area (Å²) < 4.78 is 7.03. The van der Waals surface area contributed by atoms with E-state index in [4.69, 9.17) is 4.74 Å². The topological polar surface area (TPSA) is 29.5 Å². The fourth-order valence-corrected chi connectivity index (χ4v) is 2.23. The van der Waals surface area contributed by atoms with Crippen molar-refractivity contribution >= 4 is 22.6 Å². The molecule has 0 fully saturated rings. The molecule has 0 saturated heterocycles. The fourth-order valence-electron chi connectivity index (χ4n) is 1.87. The molecule has 1 atom stereocenters. The average Bonchev–Trinajstić information content (AvgIpc) is 2.39. The van der Waals surface area contributed by atoms with Gasteiger partial charge in [0.1, 0.15) is 12.4 Å². The van der Waals surface area contributed by atoms with E-state index >= 15 is 0 Å². The summed E-state index contributed by atoms with van der Waals surface area (Å²) in [6, 6.07) is 14.1. The molecule has 1 N–H and O–H groups in total. The third-order valence-electron chi connectivity index (χ3n) is 2.92. The Kier molecular flexibility index (Phi) is 4.82. The van der Waals surface area contributed by atoms with E-state index in [-0.39, 0.29) is 0 Å². The second-order valence-electron chi connectivity index (χ2n) is 4.63. The van der Waals surface area contributed by atoms with Crippen LogP contribution in [0.25, 0.3) is 0 Å². The van der Waals surface area contributed by atoms with Gasteiger partial charge in [0.2, 0.25) is 0 Å². The SMILES string of the molecule is Cc1ccc(OCc2ccc(I)cc2)c([C@H](C)O)c1. The molecule has 100 valence electrons. The van der Waals surface area contributed by atoms with E-state index in [1.807, 2.05) is 25.1 Å². The minimum atomic E-state index is -0.522. The lowest BCUT2D eigenvalue weighted by atomic mass is 10.1. The highest BCUT2D eigenvalue weighted by atomic mass is 127. The van der Waals surface area contributed by atoms with Crippen LogP contribution < -0.4 is 4.74 Å². The quantitative estimate of drug-likeness (QED) is 0.819. The average molecular weight is 368 g/mol. The zero-order valence-corrected chi connectivity index (χ0v) is 13.2. The zero-order valence-electron chi connectivity index (χ0n) is 11.1. The van der Waals surface area contributed by atoms with E-state index in [1.165, 1.54) is 3.57 Å². The fraction of sp³-hybridized carbons (Fsp3) is 0.250. The van der Waals surface area contributed by atoms with Gasteiger partial charge < -0.3 is 9.84 Å². The largest absolute Gasteiger partial charge is 0.489 e. The molecule has 0 aliphatic carbocycles. The Hall–Kier alpha value is -1.07. The van der Waals surface area contributed by atoms with Crippen LogP contribution in [0.1, 0.15) is 29.7 Å². The molecule has 0 aromatic heterocycles. The minimum Gasteiger partial charge on any atom is -0.489 e. The summed E-state index contributed by atoms with van der Waals surface area (Å²) in [5.41, 5.74) is 3.08. The van der Waals surface area contributed by atoms with Crippen LogP contribution in [0.15, 0.2) is 42.5 Å². The summed E-state index contributed by atoms with van der Waals surface area (Å²) in [7, 11) is 0. The Labute approximate surface area is 127 Å². The molecule has 19 heavy (non-hydrogen) atoms. The Balaban J connectivity index is 2.13. The van der Waals surface area contributed by atoms with Crippen LogP contribution in [0.2, 0.25) is 0 Å². The molecule has 0 radical (unpaired) electrons. The van der Waals surface area contributed by atoms with Gasteiger partial charge in [0.05, 0.1) is 6.10 Å². The van der Waals surface area contributed by atoms with Gasteiger partial charge in [-0.05, 0) is 66.3 Å². The molecule has 0 unspecified atom stereocenters. The molecular formula is C16H17IO2. The highest BCUT2D eigenvalue weighted by Crippen LogP contribution is 2.27. The number of rotatable bonds is 4. The number of aliphatic hydroxyl groups is 1. The Morgan fingerprint density at radius 2 is 1.84 bits per heavy atom. The van der Waals surface area contributed by atoms with Gasteiger partial charge in [0.25, 0.3) is 0 Å². The third kappa shape index (κ3) is 3.94. The summed E-state index contributed by atoms with van der Waals surface area (Å²) in [6.45, 7) is 4.28. The maximum Gasteiger partial charge on any atom is 0.125 e. The summed E-state index contributed by atoms with van der Waals surface area (Å²) >= 11 is 2.28. The van der Waals surface area contributed by atoms with Crippen molar-refractivity contribution in [2.75, 3.05) is 0 Å². The van der Waals surface area contributed by atoms with Gasteiger partial charge in [-0.3, -0.25) is 0 Å². The van der Waals surface area contributed by atoms with E-state index in [9.17, 15) is 5.11 Å².